The SMILES string of the molecule is CC(C)(CO)Nc1cc(C(F)(F)F)cc(Cl)n1. The van der Waals surface area contributed by atoms with Gasteiger partial charge in [-0.3, -0.25) is 0 Å². The molecule has 7 heteroatoms. The van der Waals surface area contributed by atoms with Gasteiger partial charge in [0.1, 0.15) is 11.0 Å². The number of hydrogen-bond acceptors (Lipinski definition) is 3. The van der Waals surface area contributed by atoms with E-state index in [2.05, 4.69) is 10.3 Å². The largest absolute Gasteiger partial charge is 0.416 e. The topological polar surface area (TPSA) is 45.1 Å². The Bertz CT molecular complexity index is 407. The van der Waals surface area contributed by atoms with Crippen LogP contribution in [0.2, 0.25) is 5.15 Å². The Hall–Kier alpha value is -1.01. The zero-order valence-electron chi connectivity index (χ0n) is 9.27. The Kier molecular flexibility index (Phi) is 3.88. The molecule has 1 aromatic heterocycles. The molecule has 0 fully saturated rings. The predicted molar refractivity (Wildman–Crippen MR) is 59.0 cm³/mol. The van der Waals surface area contributed by atoms with Crippen molar-refractivity contribution in [3.8, 4) is 0 Å². The van der Waals surface area contributed by atoms with Gasteiger partial charge in [-0.1, -0.05) is 11.6 Å². The fourth-order valence-electron chi connectivity index (χ4n) is 1.11. The third kappa shape index (κ3) is 4.05. The summed E-state index contributed by atoms with van der Waals surface area (Å²) >= 11 is 5.51. The maximum absolute atomic E-state index is 12.5. The summed E-state index contributed by atoms with van der Waals surface area (Å²) in [6.07, 6.45) is -4.48. The van der Waals surface area contributed by atoms with Gasteiger partial charge in [0, 0.05) is 0 Å². The van der Waals surface area contributed by atoms with Crippen molar-refractivity contribution < 1.29 is 18.3 Å². The van der Waals surface area contributed by atoms with Crippen LogP contribution in [0, 0.1) is 0 Å². The van der Waals surface area contributed by atoms with Crippen LogP contribution >= 0.6 is 11.6 Å². The second-order valence-corrected chi connectivity index (χ2v) is 4.62. The van der Waals surface area contributed by atoms with Crippen molar-refractivity contribution in [1.82, 2.24) is 4.98 Å². The molecule has 0 atom stereocenters. The Balaban J connectivity index is 3.06. The van der Waals surface area contributed by atoms with Gasteiger partial charge in [0.15, 0.2) is 0 Å². The summed E-state index contributed by atoms with van der Waals surface area (Å²) in [5.41, 5.74) is -1.66. The van der Waals surface area contributed by atoms with Crippen LogP contribution in [0.25, 0.3) is 0 Å². The molecule has 0 amide bonds. The first-order chi connectivity index (χ1) is 7.64. The Morgan fingerprint density at radius 2 is 1.94 bits per heavy atom. The van der Waals surface area contributed by atoms with Crippen LogP contribution < -0.4 is 5.32 Å². The van der Waals surface area contributed by atoms with Crippen molar-refractivity contribution in [3.63, 3.8) is 0 Å². The number of nitrogens with zero attached hydrogens (tertiary/aromatic N) is 1. The Morgan fingerprint density at radius 3 is 2.41 bits per heavy atom. The van der Waals surface area contributed by atoms with Crippen LogP contribution in [-0.4, -0.2) is 22.2 Å². The van der Waals surface area contributed by atoms with Crippen molar-refractivity contribution in [1.29, 1.82) is 0 Å². The summed E-state index contributed by atoms with van der Waals surface area (Å²) in [7, 11) is 0. The van der Waals surface area contributed by atoms with E-state index in [0.29, 0.717) is 0 Å². The predicted octanol–water partition coefficient (Wildman–Crippen LogP) is 2.94. The zero-order valence-corrected chi connectivity index (χ0v) is 10.0. The molecule has 2 N–H and O–H groups in total. The number of aliphatic hydroxyl groups is 1. The maximum atomic E-state index is 12.5. The van der Waals surface area contributed by atoms with Crippen LogP contribution in [0.3, 0.4) is 0 Å². The quantitative estimate of drug-likeness (QED) is 0.829. The lowest BCUT2D eigenvalue weighted by atomic mass is 10.1. The first-order valence-electron chi connectivity index (χ1n) is 4.78. The number of anilines is 1. The molecule has 0 spiro atoms. The van der Waals surface area contributed by atoms with E-state index in [4.69, 9.17) is 16.7 Å². The summed E-state index contributed by atoms with van der Waals surface area (Å²) in [6, 6.07) is 1.60. The fourth-order valence-corrected chi connectivity index (χ4v) is 1.32. The average Bonchev–Trinajstić information content (AvgIpc) is 2.14. The van der Waals surface area contributed by atoms with E-state index < -0.39 is 17.3 Å². The van der Waals surface area contributed by atoms with E-state index in [1.165, 1.54) is 0 Å². The molecule has 0 aliphatic rings. The van der Waals surface area contributed by atoms with E-state index in [0.717, 1.165) is 12.1 Å². The van der Waals surface area contributed by atoms with Gasteiger partial charge in [-0.2, -0.15) is 13.2 Å². The fraction of sp³-hybridized carbons (Fsp3) is 0.500. The Labute approximate surface area is 102 Å². The molecule has 0 radical (unpaired) electrons. The highest BCUT2D eigenvalue weighted by molar-refractivity contribution is 6.29. The van der Waals surface area contributed by atoms with Crippen molar-refractivity contribution >= 4 is 17.4 Å². The van der Waals surface area contributed by atoms with Crippen LogP contribution in [0.1, 0.15) is 19.4 Å². The van der Waals surface area contributed by atoms with Gasteiger partial charge >= 0.3 is 6.18 Å². The van der Waals surface area contributed by atoms with Crippen LogP contribution in [0.15, 0.2) is 12.1 Å². The molecule has 0 aromatic carbocycles. The number of aliphatic hydroxyl groups excluding tert-OH is 1. The minimum atomic E-state index is -4.48. The number of nitrogens with one attached hydrogen (secondary N) is 1. The van der Waals surface area contributed by atoms with E-state index >= 15 is 0 Å². The average molecular weight is 269 g/mol. The molecule has 0 unspecified atom stereocenters. The minimum absolute atomic E-state index is 0.0242. The number of hydrogen-bond donors (Lipinski definition) is 2. The molecule has 17 heavy (non-hydrogen) atoms. The highest BCUT2D eigenvalue weighted by atomic mass is 35.5. The third-order valence-electron chi connectivity index (χ3n) is 1.98. The van der Waals surface area contributed by atoms with Gasteiger partial charge in [0.25, 0.3) is 0 Å². The van der Waals surface area contributed by atoms with Gasteiger partial charge in [0.05, 0.1) is 17.7 Å². The molecule has 0 aliphatic carbocycles. The van der Waals surface area contributed by atoms with Gasteiger partial charge in [-0.25, -0.2) is 4.98 Å². The van der Waals surface area contributed by atoms with Crippen molar-refractivity contribution in [3.05, 3.63) is 22.8 Å². The van der Waals surface area contributed by atoms with Gasteiger partial charge in [-0.05, 0) is 26.0 Å². The summed E-state index contributed by atoms with van der Waals surface area (Å²) < 4.78 is 37.5. The van der Waals surface area contributed by atoms with Crippen molar-refractivity contribution in [2.24, 2.45) is 0 Å². The molecule has 0 saturated carbocycles. The monoisotopic (exact) mass is 268 g/mol. The molecule has 1 rings (SSSR count). The summed E-state index contributed by atoms with van der Waals surface area (Å²) in [5.74, 6) is -0.0242. The van der Waals surface area contributed by atoms with E-state index in [-0.39, 0.29) is 17.6 Å². The lowest BCUT2D eigenvalue weighted by molar-refractivity contribution is -0.137. The summed E-state index contributed by atoms with van der Waals surface area (Å²) in [6.45, 7) is 3.01. The zero-order chi connectivity index (χ0) is 13.3. The second-order valence-electron chi connectivity index (χ2n) is 4.23. The summed E-state index contributed by atoms with van der Waals surface area (Å²) in [4.78, 5) is 3.72. The van der Waals surface area contributed by atoms with E-state index in [1.54, 1.807) is 13.8 Å². The van der Waals surface area contributed by atoms with Crippen LogP contribution in [0.4, 0.5) is 19.0 Å². The van der Waals surface area contributed by atoms with Crippen molar-refractivity contribution in [2.75, 3.05) is 11.9 Å². The molecular formula is C10H12ClF3N2O. The van der Waals surface area contributed by atoms with Crippen LogP contribution in [0.5, 0.6) is 0 Å². The van der Waals surface area contributed by atoms with E-state index in [1.807, 2.05) is 0 Å². The first-order valence-corrected chi connectivity index (χ1v) is 5.16. The van der Waals surface area contributed by atoms with Crippen LogP contribution in [-0.2, 0) is 6.18 Å². The lowest BCUT2D eigenvalue weighted by Gasteiger charge is -2.24. The van der Waals surface area contributed by atoms with Gasteiger partial charge in [-0.15, -0.1) is 0 Å². The minimum Gasteiger partial charge on any atom is -0.394 e. The number of alkyl halides is 3. The number of halogens is 4. The lowest BCUT2D eigenvalue weighted by Crippen LogP contribution is -2.35. The van der Waals surface area contributed by atoms with Gasteiger partial charge < -0.3 is 10.4 Å². The first kappa shape index (κ1) is 14.1. The molecule has 96 valence electrons. The normalized spacial score (nSPS) is 12.6. The number of rotatable bonds is 3. The molecule has 1 heterocycles. The maximum Gasteiger partial charge on any atom is 0.416 e. The number of pyridine rings is 1. The number of aromatic nitrogens is 1. The van der Waals surface area contributed by atoms with Crippen molar-refractivity contribution in [2.45, 2.75) is 25.6 Å². The second kappa shape index (κ2) is 4.70. The smallest absolute Gasteiger partial charge is 0.394 e. The Morgan fingerprint density at radius 1 is 1.35 bits per heavy atom. The highest BCUT2D eigenvalue weighted by Gasteiger charge is 2.32. The standard InChI is InChI=1S/C10H12ClF3N2O/c1-9(2,5-17)16-8-4-6(10(12,13)14)3-7(11)15-8/h3-4,17H,5H2,1-2H3,(H,15,16). The van der Waals surface area contributed by atoms with Gasteiger partial charge in [0.2, 0.25) is 0 Å². The molecule has 3 nitrogen and oxygen atoms in total. The molecule has 0 aliphatic heterocycles. The summed E-state index contributed by atoms with van der Waals surface area (Å²) in [5, 5.41) is 11.4. The molecule has 1 aromatic rings. The third-order valence-corrected chi connectivity index (χ3v) is 2.18. The van der Waals surface area contributed by atoms with E-state index in [9.17, 15) is 13.2 Å². The highest BCUT2D eigenvalue weighted by Crippen LogP contribution is 2.32. The molecule has 0 saturated heterocycles. The molecule has 0 bridgehead atoms. The molecular weight excluding hydrogens is 257 g/mol.